The maximum atomic E-state index is 11.4. The standard InChI is InChI=1S/C16H14N4O/c21-11-13-9-12-3-1-2-4-14(12)18-16(13)20-8-7-19-6-5-17-15(19)10-20/h1-6,9,11H,7-8,10H2. The van der Waals surface area contributed by atoms with Gasteiger partial charge in [0.15, 0.2) is 6.29 Å². The third kappa shape index (κ3) is 1.98. The molecule has 3 aromatic rings. The summed E-state index contributed by atoms with van der Waals surface area (Å²) in [5.41, 5.74) is 1.54. The van der Waals surface area contributed by atoms with Gasteiger partial charge in [0.05, 0.1) is 17.6 Å². The van der Waals surface area contributed by atoms with Crippen molar-refractivity contribution in [3.8, 4) is 0 Å². The van der Waals surface area contributed by atoms with Crippen LogP contribution in [0.4, 0.5) is 5.82 Å². The summed E-state index contributed by atoms with van der Waals surface area (Å²) in [6.07, 6.45) is 4.68. The van der Waals surface area contributed by atoms with Gasteiger partial charge in [0.1, 0.15) is 11.6 Å². The summed E-state index contributed by atoms with van der Waals surface area (Å²) < 4.78 is 2.14. The second-order valence-electron chi connectivity index (χ2n) is 5.17. The number of anilines is 1. The van der Waals surface area contributed by atoms with E-state index in [-0.39, 0.29) is 0 Å². The van der Waals surface area contributed by atoms with Gasteiger partial charge in [-0.15, -0.1) is 0 Å². The molecule has 1 aliphatic rings. The minimum absolute atomic E-state index is 0.633. The highest BCUT2D eigenvalue weighted by Crippen LogP contribution is 2.25. The van der Waals surface area contributed by atoms with Gasteiger partial charge < -0.3 is 9.47 Å². The number of benzene rings is 1. The van der Waals surface area contributed by atoms with Gasteiger partial charge in [-0.05, 0) is 12.1 Å². The van der Waals surface area contributed by atoms with E-state index in [2.05, 4.69) is 19.4 Å². The fourth-order valence-electron chi connectivity index (χ4n) is 2.82. The van der Waals surface area contributed by atoms with Gasteiger partial charge in [-0.3, -0.25) is 4.79 Å². The van der Waals surface area contributed by atoms with E-state index in [1.165, 1.54) is 0 Å². The van der Waals surface area contributed by atoms with Gasteiger partial charge in [0, 0.05) is 30.9 Å². The van der Waals surface area contributed by atoms with Crippen LogP contribution in [0.5, 0.6) is 0 Å². The number of aldehydes is 1. The number of nitrogens with zero attached hydrogens (tertiary/aromatic N) is 4. The van der Waals surface area contributed by atoms with Gasteiger partial charge in [0.2, 0.25) is 0 Å². The molecule has 0 spiro atoms. The van der Waals surface area contributed by atoms with E-state index < -0.39 is 0 Å². The van der Waals surface area contributed by atoms with Crippen LogP contribution >= 0.6 is 0 Å². The van der Waals surface area contributed by atoms with Crippen molar-refractivity contribution in [2.45, 2.75) is 13.1 Å². The van der Waals surface area contributed by atoms with Crippen molar-refractivity contribution < 1.29 is 4.79 Å². The second kappa shape index (κ2) is 4.70. The highest BCUT2D eigenvalue weighted by molar-refractivity contribution is 5.91. The predicted molar refractivity (Wildman–Crippen MR) is 80.4 cm³/mol. The molecule has 21 heavy (non-hydrogen) atoms. The van der Waals surface area contributed by atoms with Crippen molar-refractivity contribution in [3.05, 3.63) is 54.1 Å². The Morgan fingerprint density at radius 1 is 1.19 bits per heavy atom. The Bertz CT molecular complexity index is 824. The van der Waals surface area contributed by atoms with Crippen LogP contribution in [0.25, 0.3) is 10.9 Å². The quantitative estimate of drug-likeness (QED) is 0.675. The minimum Gasteiger partial charge on any atom is -0.347 e. The van der Waals surface area contributed by atoms with Crippen molar-refractivity contribution >= 4 is 23.0 Å². The Balaban J connectivity index is 1.81. The average Bonchev–Trinajstić information content (AvgIpc) is 3.01. The van der Waals surface area contributed by atoms with Crippen molar-refractivity contribution in [3.63, 3.8) is 0 Å². The van der Waals surface area contributed by atoms with Gasteiger partial charge in [-0.1, -0.05) is 18.2 Å². The lowest BCUT2D eigenvalue weighted by molar-refractivity contribution is 0.112. The lowest BCUT2D eigenvalue weighted by Crippen LogP contribution is -2.34. The Labute approximate surface area is 121 Å². The molecule has 0 saturated carbocycles. The first kappa shape index (κ1) is 12.1. The number of imidazole rings is 1. The van der Waals surface area contributed by atoms with Crippen molar-refractivity contribution in [2.24, 2.45) is 0 Å². The zero-order valence-corrected chi connectivity index (χ0v) is 11.4. The molecule has 5 heteroatoms. The fraction of sp³-hybridized carbons (Fsp3) is 0.188. The molecule has 2 aromatic heterocycles. The molecule has 4 rings (SSSR count). The monoisotopic (exact) mass is 278 g/mol. The van der Waals surface area contributed by atoms with E-state index >= 15 is 0 Å². The maximum absolute atomic E-state index is 11.4. The smallest absolute Gasteiger partial charge is 0.153 e. The highest BCUT2D eigenvalue weighted by Gasteiger charge is 2.20. The molecule has 0 unspecified atom stereocenters. The Hall–Kier alpha value is -2.69. The van der Waals surface area contributed by atoms with Gasteiger partial charge >= 0.3 is 0 Å². The Morgan fingerprint density at radius 3 is 3.00 bits per heavy atom. The summed E-state index contributed by atoms with van der Waals surface area (Å²) >= 11 is 0. The van der Waals surface area contributed by atoms with Crippen LogP contribution < -0.4 is 4.90 Å². The van der Waals surface area contributed by atoms with Crippen LogP contribution in [-0.2, 0) is 13.1 Å². The Morgan fingerprint density at radius 2 is 2.10 bits per heavy atom. The van der Waals surface area contributed by atoms with Crippen LogP contribution in [-0.4, -0.2) is 27.4 Å². The molecule has 0 atom stereocenters. The molecular weight excluding hydrogens is 264 g/mol. The highest BCUT2D eigenvalue weighted by atomic mass is 16.1. The number of hydrogen-bond acceptors (Lipinski definition) is 4. The van der Waals surface area contributed by atoms with Crippen LogP contribution in [0.1, 0.15) is 16.2 Å². The van der Waals surface area contributed by atoms with Gasteiger partial charge in [0.25, 0.3) is 0 Å². The molecule has 1 aromatic carbocycles. The summed E-state index contributed by atoms with van der Waals surface area (Å²) in [5.74, 6) is 1.76. The number of carbonyl (C=O) groups excluding carboxylic acids is 1. The lowest BCUT2D eigenvalue weighted by Gasteiger charge is -2.29. The summed E-state index contributed by atoms with van der Waals surface area (Å²) in [4.78, 5) is 22.6. The number of fused-ring (bicyclic) bond motifs is 2. The summed E-state index contributed by atoms with van der Waals surface area (Å²) in [7, 11) is 0. The van der Waals surface area contributed by atoms with E-state index in [4.69, 9.17) is 0 Å². The minimum atomic E-state index is 0.633. The first-order valence-electron chi connectivity index (χ1n) is 6.95. The van der Waals surface area contributed by atoms with Gasteiger partial charge in [-0.2, -0.15) is 0 Å². The number of hydrogen-bond donors (Lipinski definition) is 0. The number of carbonyl (C=O) groups is 1. The van der Waals surface area contributed by atoms with Crippen LogP contribution in [0.2, 0.25) is 0 Å². The molecule has 0 bridgehead atoms. The van der Waals surface area contributed by atoms with Crippen LogP contribution in [0.3, 0.4) is 0 Å². The lowest BCUT2D eigenvalue weighted by atomic mass is 10.1. The SMILES string of the molecule is O=Cc1cc2ccccc2nc1N1CCn2ccnc2C1. The third-order valence-corrected chi connectivity index (χ3v) is 3.90. The summed E-state index contributed by atoms with van der Waals surface area (Å²) in [5, 5.41) is 0.988. The number of rotatable bonds is 2. The van der Waals surface area contributed by atoms with E-state index in [0.717, 1.165) is 41.9 Å². The maximum Gasteiger partial charge on any atom is 0.153 e. The molecule has 0 saturated heterocycles. The Kier molecular flexibility index (Phi) is 2.70. The van der Waals surface area contributed by atoms with Crippen LogP contribution in [0.15, 0.2) is 42.7 Å². The van der Waals surface area contributed by atoms with Crippen molar-refractivity contribution in [2.75, 3.05) is 11.4 Å². The molecule has 0 N–H and O–H groups in total. The summed E-state index contributed by atoms with van der Waals surface area (Å²) in [6.45, 7) is 2.37. The normalized spacial score (nSPS) is 14.2. The molecule has 1 aliphatic heterocycles. The first-order chi connectivity index (χ1) is 10.3. The largest absolute Gasteiger partial charge is 0.347 e. The van der Waals surface area contributed by atoms with Crippen molar-refractivity contribution in [1.82, 2.24) is 14.5 Å². The summed E-state index contributed by atoms with van der Waals surface area (Å²) in [6, 6.07) is 9.77. The molecule has 0 fully saturated rings. The molecule has 0 amide bonds. The number of pyridine rings is 1. The predicted octanol–water partition coefficient (Wildman–Crippen LogP) is 2.26. The van der Waals surface area contributed by atoms with E-state index in [1.54, 1.807) is 0 Å². The zero-order valence-electron chi connectivity index (χ0n) is 11.4. The second-order valence-corrected chi connectivity index (χ2v) is 5.17. The molecule has 104 valence electrons. The van der Waals surface area contributed by atoms with E-state index in [0.29, 0.717) is 12.1 Å². The molecule has 3 heterocycles. The molecular formula is C16H14N4O. The first-order valence-corrected chi connectivity index (χ1v) is 6.95. The van der Waals surface area contributed by atoms with Gasteiger partial charge in [-0.25, -0.2) is 9.97 Å². The number of aromatic nitrogens is 3. The van der Waals surface area contributed by atoms with Crippen LogP contribution in [0, 0.1) is 0 Å². The van der Waals surface area contributed by atoms with E-state index in [1.807, 2.05) is 42.7 Å². The van der Waals surface area contributed by atoms with E-state index in [9.17, 15) is 4.79 Å². The third-order valence-electron chi connectivity index (χ3n) is 3.90. The van der Waals surface area contributed by atoms with Crippen molar-refractivity contribution in [1.29, 1.82) is 0 Å². The average molecular weight is 278 g/mol. The molecule has 0 aliphatic carbocycles. The molecule has 0 radical (unpaired) electrons. The number of para-hydroxylation sites is 1. The zero-order chi connectivity index (χ0) is 14.2. The topological polar surface area (TPSA) is 51.0 Å². The fourth-order valence-corrected chi connectivity index (χ4v) is 2.82. The molecule has 5 nitrogen and oxygen atoms in total.